The van der Waals surface area contributed by atoms with E-state index in [-0.39, 0.29) is 42.7 Å². The summed E-state index contributed by atoms with van der Waals surface area (Å²) in [5, 5.41) is 0. The zero-order valence-electron chi connectivity index (χ0n) is 9.94. The smallest absolute Gasteiger partial charge is 0.781 e. The van der Waals surface area contributed by atoms with Gasteiger partial charge in [0.2, 0.25) is 0 Å². The molecule has 0 aliphatic carbocycles. The number of hydrogen-bond donors (Lipinski definition) is 0. The number of hydrogen-bond acceptors (Lipinski definition) is 15. The fourth-order valence-electron chi connectivity index (χ4n) is 0.204. The molecule has 0 aromatic heterocycles. The average Bonchev–Trinajstić information content (AvgIpc) is 2.10. The molecule has 6 atom stereocenters. The minimum absolute atomic E-state index is 0. The maximum Gasteiger partial charge on any atom is 4.00 e. The largest absolute Gasteiger partial charge is 4.00 e. The molecule has 23 heteroatoms. The quantitative estimate of drug-likeness (QED) is 0.211. The Labute approximate surface area is 161 Å². The van der Waals surface area contributed by atoms with E-state index in [2.05, 4.69) is 12.9 Å². The third-order valence-corrected chi connectivity index (χ3v) is 4.50. The van der Waals surface area contributed by atoms with Crippen LogP contribution in [0.2, 0.25) is 0 Å². The Morgan fingerprint density at radius 2 is 0.522 bits per heavy atom. The van der Waals surface area contributed by atoms with E-state index in [1.165, 1.54) is 0 Å². The van der Waals surface area contributed by atoms with E-state index in [4.69, 9.17) is 0 Å². The summed E-state index contributed by atoms with van der Waals surface area (Å²) in [5.74, 6) is 0. The summed E-state index contributed by atoms with van der Waals surface area (Å²) < 4.78 is 65.4. The summed E-state index contributed by atoms with van der Waals surface area (Å²) in [5.41, 5.74) is 0. The summed E-state index contributed by atoms with van der Waals surface area (Å²) in [7, 11) is -21.1. The van der Waals surface area contributed by atoms with Crippen LogP contribution in [0.5, 0.6) is 0 Å². The van der Waals surface area contributed by atoms with Crippen LogP contribution >= 0.6 is 49.5 Å². The molecule has 0 aliphatic heterocycles. The van der Waals surface area contributed by atoms with E-state index in [9.17, 15) is 56.8 Å². The van der Waals surface area contributed by atoms with Crippen molar-refractivity contribution < 1.29 is 112 Å². The molecule has 0 rings (SSSR count). The van der Waals surface area contributed by atoms with Gasteiger partial charge in [0.1, 0.15) is 49.5 Å². The van der Waals surface area contributed by atoms with Gasteiger partial charge in [0.25, 0.3) is 0 Å². The van der Waals surface area contributed by atoms with Crippen molar-refractivity contribution in [1.82, 2.24) is 0 Å². The molecule has 6 unspecified atom stereocenters. The third kappa shape index (κ3) is 59.0. The van der Waals surface area contributed by atoms with Gasteiger partial charge >= 0.3 is 42.7 Å². The van der Waals surface area contributed by atoms with Crippen molar-refractivity contribution in [3.8, 4) is 0 Å². The molecular weight excluding hydrogens is 576 g/mol. The van der Waals surface area contributed by atoms with Crippen molar-refractivity contribution in [2.45, 2.75) is 0 Å². The van der Waals surface area contributed by atoms with Gasteiger partial charge in [0, 0.05) is 0 Å². The van der Waals surface area contributed by atoms with E-state index in [1.807, 2.05) is 0 Å². The SMILES string of the molecule is O=[PH]([O-])O[PH](=O)[O-].O=[PH]([O-])O[PH](=O)[O-].O=[PH]([O-])O[PH](=O)[O-].[Ni+2].[Zr+4]. The van der Waals surface area contributed by atoms with Crippen molar-refractivity contribution in [3.63, 3.8) is 0 Å². The van der Waals surface area contributed by atoms with Crippen molar-refractivity contribution in [2.75, 3.05) is 0 Å². The van der Waals surface area contributed by atoms with Gasteiger partial charge in [-0.15, -0.1) is 0 Å². The summed E-state index contributed by atoms with van der Waals surface area (Å²) in [6.07, 6.45) is 0. The van der Waals surface area contributed by atoms with Crippen LogP contribution in [-0.2, 0) is 83.0 Å². The van der Waals surface area contributed by atoms with Crippen LogP contribution in [0.15, 0.2) is 0 Å². The van der Waals surface area contributed by atoms with Gasteiger partial charge in [-0.05, 0) is 0 Å². The van der Waals surface area contributed by atoms with Gasteiger partial charge in [-0.3, -0.25) is 12.9 Å². The summed E-state index contributed by atoms with van der Waals surface area (Å²) in [6.45, 7) is 0. The molecule has 0 bridgehead atoms. The molecule has 15 nitrogen and oxygen atoms in total. The molecule has 0 fully saturated rings. The van der Waals surface area contributed by atoms with Gasteiger partial charge in [-0.2, -0.15) is 0 Å². The van der Waals surface area contributed by atoms with Crippen molar-refractivity contribution in [1.29, 1.82) is 0 Å². The monoisotopic (exact) mass is 580 g/mol. The van der Waals surface area contributed by atoms with Crippen molar-refractivity contribution in [3.05, 3.63) is 0 Å². The van der Waals surface area contributed by atoms with Gasteiger partial charge < -0.3 is 56.8 Å². The second-order valence-electron chi connectivity index (χ2n) is 1.81. The normalized spacial score (nSPS) is 17.0. The number of rotatable bonds is 6. The van der Waals surface area contributed by atoms with Crippen LogP contribution < -0.4 is 29.4 Å². The minimum Gasteiger partial charge on any atom is -0.781 e. The fraction of sp³-hybridized carbons (Fsp3) is 0. The van der Waals surface area contributed by atoms with Crippen LogP contribution in [0.25, 0.3) is 0 Å². The first-order valence-corrected chi connectivity index (χ1v) is 11.0. The molecule has 0 aromatic carbocycles. The van der Waals surface area contributed by atoms with E-state index < -0.39 is 49.5 Å². The molecular formula is H6NiO15P6Zr. The van der Waals surface area contributed by atoms with Crippen molar-refractivity contribution >= 4 is 49.5 Å². The zero-order valence-corrected chi connectivity index (χ0v) is 19.4. The summed E-state index contributed by atoms with van der Waals surface area (Å²) in [4.78, 5) is 55.7. The van der Waals surface area contributed by atoms with Gasteiger partial charge in [-0.25, -0.2) is 0 Å². The Hall–Kier alpha value is 2.40. The molecule has 0 spiro atoms. The van der Waals surface area contributed by atoms with Crippen LogP contribution in [0.1, 0.15) is 0 Å². The van der Waals surface area contributed by atoms with Gasteiger partial charge in [0.05, 0.1) is 0 Å². The Bertz CT molecular complexity index is 320. The Kier molecular flexibility index (Phi) is 38.5. The standard InChI is InChI=1S/Ni.3H4O5P2.Zr/c;3*1-6(2)5-7(3)4;/h;3*6-7H,(H,1,2)(H,3,4);/q+2;;;;+4/p-6. The Morgan fingerprint density at radius 3 is 0.522 bits per heavy atom. The first-order valence-electron chi connectivity index (χ1n) is 3.67. The van der Waals surface area contributed by atoms with Crippen molar-refractivity contribution in [2.24, 2.45) is 0 Å². The van der Waals surface area contributed by atoms with Crippen LogP contribution in [0.3, 0.4) is 0 Å². The Balaban J connectivity index is -0.0000000675. The third-order valence-electron chi connectivity index (χ3n) is 0.500. The average molecular weight is 582 g/mol. The van der Waals surface area contributed by atoms with E-state index in [0.717, 1.165) is 0 Å². The molecule has 0 heterocycles. The second kappa shape index (κ2) is 24.4. The van der Waals surface area contributed by atoms with Gasteiger partial charge in [-0.1, -0.05) is 0 Å². The zero-order chi connectivity index (χ0) is 17.6. The maximum atomic E-state index is 9.29. The van der Waals surface area contributed by atoms with Gasteiger partial charge in [0.15, 0.2) is 0 Å². The Morgan fingerprint density at radius 1 is 0.435 bits per heavy atom. The molecule has 0 amide bonds. The second-order valence-corrected chi connectivity index (χ2v) is 7.26. The van der Waals surface area contributed by atoms with Crippen LogP contribution in [0, 0.1) is 0 Å². The molecule has 0 saturated heterocycles. The van der Waals surface area contributed by atoms with Crippen LogP contribution in [-0.4, -0.2) is 0 Å². The van der Waals surface area contributed by atoms with E-state index >= 15 is 0 Å². The molecule has 0 aliphatic rings. The molecule has 23 heavy (non-hydrogen) atoms. The molecule has 0 N–H and O–H groups in total. The minimum atomic E-state index is -3.51. The first-order chi connectivity index (χ1) is 9.38. The molecule has 0 aromatic rings. The fourth-order valence-corrected chi connectivity index (χ4v) is 1.84. The van der Waals surface area contributed by atoms with E-state index in [1.54, 1.807) is 0 Å². The molecule has 0 saturated carbocycles. The predicted octanol–water partition coefficient (Wildman–Crippen LogP) is -4.50. The summed E-state index contributed by atoms with van der Waals surface area (Å²) in [6, 6.07) is 0. The van der Waals surface area contributed by atoms with E-state index in [0.29, 0.717) is 0 Å². The topological polar surface area (TPSA) is 268 Å². The molecule has 0 radical (unpaired) electrons. The summed E-state index contributed by atoms with van der Waals surface area (Å²) >= 11 is 0. The maximum absolute atomic E-state index is 9.29. The molecule has 140 valence electrons. The predicted molar refractivity (Wildman–Crippen MR) is 57.3 cm³/mol. The van der Waals surface area contributed by atoms with Crippen LogP contribution in [0.4, 0.5) is 0 Å². The first kappa shape index (κ1) is 36.3.